The summed E-state index contributed by atoms with van der Waals surface area (Å²) in [4.78, 5) is 0. The molecule has 1 unspecified atom stereocenters. The van der Waals surface area contributed by atoms with Gasteiger partial charge < -0.3 is 5.11 Å². The predicted molar refractivity (Wildman–Crippen MR) is 55.4 cm³/mol. The number of rotatable bonds is 4. The Labute approximate surface area is 88.1 Å². The van der Waals surface area contributed by atoms with Gasteiger partial charge in [0, 0.05) is 0 Å². The first-order chi connectivity index (χ1) is 7.02. The monoisotopic (exact) mass is 212 g/mol. The summed E-state index contributed by atoms with van der Waals surface area (Å²) in [6, 6.07) is 3.56. The average molecular weight is 212 g/mol. The van der Waals surface area contributed by atoms with Crippen LogP contribution in [0, 0.1) is 11.6 Å². The van der Waals surface area contributed by atoms with E-state index >= 15 is 0 Å². The van der Waals surface area contributed by atoms with Gasteiger partial charge in [0.25, 0.3) is 0 Å². The van der Waals surface area contributed by atoms with Gasteiger partial charge in [-0.15, -0.1) is 6.58 Å². The lowest BCUT2D eigenvalue weighted by molar-refractivity contribution is 0.158. The maximum Gasteiger partial charge on any atom is 0.131 e. The fourth-order valence-corrected chi connectivity index (χ4v) is 1.36. The first-order valence-corrected chi connectivity index (χ1v) is 4.78. The number of allylic oxidation sites excluding steroid dienone is 1. The Morgan fingerprint density at radius 3 is 2.40 bits per heavy atom. The highest BCUT2D eigenvalue weighted by Crippen LogP contribution is 2.25. The van der Waals surface area contributed by atoms with Gasteiger partial charge in [-0.05, 0) is 31.9 Å². The summed E-state index contributed by atoms with van der Waals surface area (Å²) in [7, 11) is 0. The summed E-state index contributed by atoms with van der Waals surface area (Å²) in [5.74, 6) is -1.41. The Kier molecular flexibility index (Phi) is 3.97. The second-order valence-corrected chi connectivity index (χ2v) is 3.65. The highest BCUT2D eigenvalue weighted by Gasteiger charge is 2.16. The van der Waals surface area contributed by atoms with E-state index in [-0.39, 0.29) is 12.0 Å². The van der Waals surface area contributed by atoms with Crippen molar-refractivity contribution < 1.29 is 13.9 Å². The summed E-state index contributed by atoms with van der Waals surface area (Å²) in [6.07, 6.45) is -0.273. The van der Waals surface area contributed by atoms with Crippen molar-refractivity contribution in [2.24, 2.45) is 0 Å². The quantitative estimate of drug-likeness (QED) is 0.759. The first-order valence-electron chi connectivity index (χ1n) is 4.78. The van der Waals surface area contributed by atoms with Crippen molar-refractivity contribution in [1.82, 2.24) is 0 Å². The predicted octanol–water partition coefficient (Wildman–Crippen LogP) is 3.35. The van der Waals surface area contributed by atoms with Crippen LogP contribution in [0.5, 0.6) is 0 Å². The molecule has 0 aromatic heterocycles. The van der Waals surface area contributed by atoms with E-state index in [4.69, 9.17) is 0 Å². The van der Waals surface area contributed by atoms with Crippen molar-refractivity contribution >= 4 is 0 Å². The van der Waals surface area contributed by atoms with E-state index in [1.165, 1.54) is 6.07 Å². The lowest BCUT2D eigenvalue weighted by atomic mass is 10.0. The van der Waals surface area contributed by atoms with Crippen LogP contribution in [0.15, 0.2) is 30.4 Å². The topological polar surface area (TPSA) is 20.2 Å². The smallest absolute Gasteiger partial charge is 0.131 e. The minimum Gasteiger partial charge on any atom is -0.388 e. The lowest BCUT2D eigenvalue weighted by Crippen LogP contribution is -2.04. The molecule has 1 rings (SSSR count). The van der Waals surface area contributed by atoms with Crippen molar-refractivity contribution in [3.05, 3.63) is 47.5 Å². The van der Waals surface area contributed by atoms with Crippen molar-refractivity contribution in [1.29, 1.82) is 0 Å². The summed E-state index contributed by atoms with van der Waals surface area (Å²) in [5.41, 5.74) is 0.629. The summed E-state index contributed by atoms with van der Waals surface area (Å²) in [5, 5.41) is 9.61. The molecule has 0 bridgehead atoms. The van der Waals surface area contributed by atoms with Crippen LogP contribution in [0.25, 0.3) is 0 Å². The molecule has 82 valence electrons. The lowest BCUT2D eigenvalue weighted by Gasteiger charge is -2.12. The van der Waals surface area contributed by atoms with E-state index in [1.54, 1.807) is 0 Å². The van der Waals surface area contributed by atoms with Crippen LogP contribution in [0.4, 0.5) is 8.78 Å². The minimum atomic E-state index is -1.11. The number of hydrogen-bond acceptors (Lipinski definition) is 1. The van der Waals surface area contributed by atoms with E-state index in [1.807, 2.05) is 6.92 Å². The van der Waals surface area contributed by atoms with Gasteiger partial charge in [-0.25, -0.2) is 8.78 Å². The van der Waals surface area contributed by atoms with E-state index < -0.39 is 17.7 Å². The van der Waals surface area contributed by atoms with Gasteiger partial charge >= 0.3 is 0 Å². The molecule has 0 spiro atoms. The number of aliphatic hydroxyl groups excluding tert-OH is 1. The zero-order valence-electron chi connectivity index (χ0n) is 8.63. The van der Waals surface area contributed by atoms with Crippen molar-refractivity contribution in [3.63, 3.8) is 0 Å². The van der Waals surface area contributed by atoms with Crippen molar-refractivity contribution in [2.45, 2.75) is 25.9 Å². The third kappa shape index (κ3) is 3.13. The van der Waals surface area contributed by atoms with Crippen LogP contribution in [-0.2, 0) is 0 Å². The fourth-order valence-electron chi connectivity index (χ4n) is 1.36. The zero-order chi connectivity index (χ0) is 11.4. The van der Waals surface area contributed by atoms with Crippen LogP contribution in [0.2, 0.25) is 0 Å². The molecule has 1 aromatic rings. The number of halogens is 2. The molecule has 1 N–H and O–H groups in total. The number of hydrogen-bond donors (Lipinski definition) is 1. The number of aliphatic hydroxyl groups is 1. The van der Waals surface area contributed by atoms with Gasteiger partial charge in [-0.2, -0.15) is 0 Å². The van der Waals surface area contributed by atoms with Gasteiger partial charge in [0.05, 0.1) is 11.7 Å². The molecule has 0 fully saturated rings. The molecule has 3 heteroatoms. The largest absolute Gasteiger partial charge is 0.388 e. The van der Waals surface area contributed by atoms with Crippen LogP contribution in [0.3, 0.4) is 0 Å². The number of benzene rings is 1. The van der Waals surface area contributed by atoms with E-state index in [9.17, 15) is 13.9 Å². The fraction of sp³-hybridized carbons (Fsp3) is 0.333. The molecule has 0 aliphatic carbocycles. The summed E-state index contributed by atoms with van der Waals surface area (Å²) in [6.45, 7) is 5.48. The molecule has 0 heterocycles. The molecule has 0 amide bonds. The molecule has 1 atom stereocenters. The molecule has 1 nitrogen and oxygen atoms in total. The summed E-state index contributed by atoms with van der Waals surface area (Å²) < 4.78 is 26.4. The van der Waals surface area contributed by atoms with Crippen molar-refractivity contribution in [3.8, 4) is 0 Å². The maximum absolute atomic E-state index is 13.2. The molecule has 0 radical (unpaired) electrons. The van der Waals surface area contributed by atoms with Crippen molar-refractivity contribution in [2.75, 3.05) is 0 Å². The molecule has 0 aliphatic heterocycles. The third-order valence-electron chi connectivity index (χ3n) is 2.18. The standard InChI is InChI=1S/C12H14F2O/c1-8(2)6-7-11(15)12-9(13)4-3-5-10(12)14/h3-5,11,15H,1,6-7H2,2H3. The van der Waals surface area contributed by atoms with Gasteiger partial charge in [0.15, 0.2) is 0 Å². The maximum atomic E-state index is 13.2. The van der Waals surface area contributed by atoms with Gasteiger partial charge in [0.1, 0.15) is 11.6 Å². The molecule has 0 aliphatic rings. The van der Waals surface area contributed by atoms with Crippen LogP contribution in [0.1, 0.15) is 31.4 Å². The first kappa shape index (κ1) is 11.9. The Morgan fingerprint density at radius 1 is 1.40 bits per heavy atom. The molecular formula is C12H14F2O. The molecular weight excluding hydrogens is 198 g/mol. The van der Waals surface area contributed by atoms with Gasteiger partial charge in [-0.1, -0.05) is 11.6 Å². The zero-order valence-corrected chi connectivity index (χ0v) is 8.63. The summed E-state index contributed by atoms with van der Waals surface area (Å²) >= 11 is 0. The van der Waals surface area contributed by atoms with Crippen LogP contribution >= 0.6 is 0 Å². The third-order valence-corrected chi connectivity index (χ3v) is 2.18. The van der Waals surface area contributed by atoms with Crippen LogP contribution in [-0.4, -0.2) is 5.11 Å². The van der Waals surface area contributed by atoms with E-state index in [0.717, 1.165) is 17.7 Å². The molecule has 1 aromatic carbocycles. The Bertz CT molecular complexity index is 340. The second-order valence-electron chi connectivity index (χ2n) is 3.65. The Balaban J connectivity index is 2.81. The molecule has 15 heavy (non-hydrogen) atoms. The Morgan fingerprint density at radius 2 is 1.93 bits per heavy atom. The SMILES string of the molecule is C=C(C)CCC(O)c1c(F)cccc1F. The minimum absolute atomic E-state index is 0.251. The normalized spacial score (nSPS) is 12.5. The average Bonchev–Trinajstić information content (AvgIpc) is 2.14. The second kappa shape index (κ2) is 5.03. The molecule has 0 saturated carbocycles. The van der Waals surface area contributed by atoms with E-state index in [2.05, 4.69) is 6.58 Å². The molecule has 0 saturated heterocycles. The van der Waals surface area contributed by atoms with E-state index in [0.29, 0.717) is 6.42 Å². The Hall–Kier alpha value is -1.22. The van der Waals surface area contributed by atoms with Crippen LogP contribution < -0.4 is 0 Å². The van der Waals surface area contributed by atoms with Gasteiger partial charge in [0.2, 0.25) is 0 Å². The highest BCUT2D eigenvalue weighted by atomic mass is 19.1. The van der Waals surface area contributed by atoms with Gasteiger partial charge in [-0.3, -0.25) is 0 Å². The highest BCUT2D eigenvalue weighted by molar-refractivity contribution is 5.22.